The number of aromatic nitrogens is 2. The molecule has 0 radical (unpaired) electrons. The Balaban J connectivity index is 1.49. The Hall–Kier alpha value is -4.91. The summed E-state index contributed by atoms with van der Waals surface area (Å²) in [4.78, 5) is 33.2. The smallest absolute Gasteiger partial charge is 0.268 e. The molecule has 2 aromatic carbocycles. The maximum absolute atomic E-state index is 13.3. The van der Waals surface area contributed by atoms with Crippen molar-refractivity contribution in [1.29, 1.82) is 0 Å². The molecule has 0 saturated carbocycles. The highest BCUT2D eigenvalue weighted by Gasteiger charge is 2.17. The highest BCUT2D eigenvalue weighted by molar-refractivity contribution is 6.03. The van der Waals surface area contributed by atoms with Crippen molar-refractivity contribution in [2.45, 2.75) is 20.4 Å². The first-order valence-corrected chi connectivity index (χ1v) is 12.2. The van der Waals surface area contributed by atoms with E-state index in [9.17, 15) is 9.59 Å². The van der Waals surface area contributed by atoms with Gasteiger partial charge in [0.2, 0.25) is 0 Å². The lowest BCUT2D eigenvalue weighted by molar-refractivity contribution is 0.0945. The van der Waals surface area contributed by atoms with E-state index < -0.39 is 0 Å². The topological polar surface area (TPSA) is 96.1 Å². The Kier molecular flexibility index (Phi) is 8.51. The van der Waals surface area contributed by atoms with E-state index in [1.165, 1.54) is 0 Å². The lowest BCUT2D eigenvalue weighted by Gasteiger charge is -2.08. The molecule has 2 heterocycles. The van der Waals surface area contributed by atoms with E-state index in [4.69, 9.17) is 4.74 Å². The second kappa shape index (κ2) is 12.4. The minimum Gasteiger partial charge on any atom is -0.501 e. The number of aromatic amines is 1. The van der Waals surface area contributed by atoms with Gasteiger partial charge < -0.3 is 20.4 Å². The number of benzene rings is 2. The van der Waals surface area contributed by atoms with Gasteiger partial charge in [-0.15, -0.1) is 0 Å². The van der Waals surface area contributed by atoms with Crippen LogP contribution in [0.25, 0.3) is 16.8 Å². The number of rotatable bonds is 9. The van der Waals surface area contributed by atoms with E-state index in [1.807, 2.05) is 74.5 Å². The van der Waals surface area contributed by atoms with Crippen LogP contribution in [0.1, 0.15) is 45.8 Å². The van der Waals surface area contributed by atoms with E-state index in [1.54, 1.807) is 43.6 Å². The zero-order valence-electron chi connectivity index (χ0n) is 21.6. The van der Waals surface area contributed by atoms with Crippen molar-refractivity contribution in [3.05, 3.63) is 125 Å². The minimum absolute atomic E-state index is 0.223. The highest BCUT2D eigenvalue weighted by Crippen LogP contribution is 2.27. The zero-order chi connectivity index (χ0) is 26.9. The van der Waals surface area contributed by atoms with E-state index in [0.29, 0.717) is 23.6 Å². The van der Waals surface area contributed by atoms with Crippen LogP contribution < -0.4 is 10.6 Å². The van der Waals surface area contributed by atoms with Crippen LogP contribution in [0.3, 0.4) is 0 Å². The number of hydrogen-bond donors (Lipinski definition) is 3. The van der Waals surface area contributed by atoms with E-state index in [2.05, 4.69) is 20.6 Å². The number of carbonyl (C=O) groups is 2. The first-order valence-electron chi connectivity index (χ1n) is 12.2. The fourth-order valence-corrected chi connectivity index (χ4v) is 3.79. The summed E-state index contributed by atoms with van der Waals surface area (Å²) in [5.41, 5.74) is 5.43. The first-order chi connectivity index (χ1) is 18.4. The molecule has 0 saturated heterocycles. The molecular formula is C31H30N4O3. The SMILES string of the molecule is CO/C(C)=C/C=C(\C)c1cc(-c2ccccc2)[nH]c1C(=O)NCc1ccc(C(=O)Nc2ccccn2)cc1. The monoisotopic (exact) mass is 506 g/mol. The number of nitrogens with zero attached hydrogens (tertiary/aromatic N) is 1. The molecule has 2 amide bonds. The normalized spacial score (nSPS) is 11.7. The average Bonchev–Trinajstić information content (AvgIpc) is 3.41. The fourth-order valence-electron chi connectivity index (χ4n) is 3.79. The summed E-state index contributed by atoms with van der Waals surface area (Å²) >= 11 is 0. The van der Waals surface area contributed by atoms with Crippen LogP contribution in [0.15, 0.2) is 103 Å². The molecule has 4 rings (SSSR count). The van der Waals surface area contributed by atoms with Gasteiger partial charge in [0.25, 0.3) is 11.8 Å². The molecule has 0 aliphatic heterocycles. The number of methoxy groups -OCH3 is 1. The Morgan fingerprint density at radius 3 is 2.34 bits per heavy atom. The summed E-state index contributed by atoms with van der Waals surface area (Å²) in [5.74, 6) is 0.789. The summed E-state index contributed by atoms with van der Waals surface area (Å²) in [6.07, 6.45) is 5.43. The number of allylic oxidation sites excluding steroid dienone is 4. The standard InChI is InChI=1S/C31H30N4O3/c1-21(12-13-22(2)38-3)26-19-27(24-9-5-4-6-10-24)34-29(26)31(37)33-20-23-14-16-25(17-15-23)30(36)35-28-11-7-8-18-32-28/h4-19,34H,20H2,1-3H3,(H,33,37)(H,32,35,36)/b21-12+,22-13+. The average molecular weight is 507 g/mol. The summed E-state index contributed by atoms with van der Waals surface area (Å²) in [5, 5.41) is 5.75. The number of pyridine rings is 1. The van der Waals surface area contributed by atoms with Crippen LogP contribution in [-0.2, 0) is 11.3 Å². The van der Waals surface area contributed by atoms with E-state index in [0.717, 1.165) is 33.7 Å². The van der Waals surface area contributed by atoms with Gasteiger partial charge in [-0.25, -0.2) is 4.98 Å². The van der Waals surface area contributed by atoms with Crippen molar-refractivity contribution in [1.82, 2.24) is 15.3 Å². The van der Waals surface area contributed by atoms with Crippen molar-refractivity contribution >= 4 is 23.2 Å². The molecule has 0 aliphatic rings. The molecule has 0 bridgehead atoms. The third-order valence-corrected chi connectivity index (χ3v) is 6.02. The minimum atomic E-state index is -0.247. The van der Waals surface area contributed by atoms with Gasteiger partial charge in [0, 0.05) is 29.6 Å². The highest BCUT2D eigenvalue weighted by atomic mass is 16.5. The van der Waals surface area contributed by atoms with Gasteiger partial charge in [0.1, 0.15) is 11.5 Å². The number of carbonyl (C=O) groups excluding carboxylic acids is 2. The van der Waals surface area contributed by atoms with Gasteiger partial charge in [0.15, 0.2) is 0 Å². The molecule has 0 atom stereocenters. The Morgan fingerprint density at radius 1 is 0.921 bits per heavy atom. The van der Waals surface area contributed by atoms with Crippen molar-refractivity contribution in [3.8, 4) is 11.3 Å². The molecule has 38 heavy (non-hydrogen) atoms. The van der Waals surface area contributed by atoms with Gasteiger partial charge in [0.05, 0.1) is 12.9 Å². The number of nitrogens with one attached hydrogen (secondary N) is 3. The molecule has 7 heteroatoms. The van der Waals surface area contributed by atoms with E-state index >= 15 is 0 Å². The lowest BCUT2D eigenvalue weighted by atomic mass is 10.1. The van der Waals surface area contributed by atoms with Gasteiger partial charge in [-0.3, -0.25) is 9.59 Å². The molecule has 0 spiro atoms. The van der Waals surface area contributed by atoms with Crippen molar-refractivity contribution in [2.75, 3.05) is 12.4 Å². The third-order valence-electron chi connectivity index (χ3n) is 6.02. The zero-order valence-corrected chi connectivity index (χ0v) is 21.6. The van der Waals surface area contributed by atoms with Gasteiger partial charge in [-0.1, -0.05) is 54.6 Å². The molecule has 2 aromatic heterocycles. The van der Waals surface area contributed by atoms with Gasteiger partial charge in [-0.2, -0.15) is 0 Å². The van der Waals surface area contributed by atoms with Crippen LogP contribution in [-0.4, -0.2) is 28.9 Å². The largest absolute Gasteiger partial charge is 0.501 e. The number of ether oxygens (including phenoxy) is 1. The Morgan fingerprint density at radius 2 is 1.66 bits per heavy atom. The maximum Gasteiger partial charge on any atom is 0.268 e. The second-order valence-electron chi connectivity index (χ2n) is 8.72. The molecular weight excluding hydrogens is 476 g/mol. The van der Waals surface area contributed by atoms with Crippen LogP contribution in [0.5, 0.6) is 0 Å². The van der Waals surface area contributed by atoms with E-state index in [-0.39, 0.29) is 11.8 Å². The quantitative estimate of drug-likeness (QED) is 0.186. The number of anilines is 1. The number of H-pyrrole nitrogens is 1. The third kappa shape index (κ3) is 6.64. The Bertz CT molecular complexity index is 1450. The molecule has 4 aromatic rings. The van der Waals surface area contributed by atoms with Crippen LogP contribution in [0, 0.1) is 0 Å². The first kappa shape index (κ1) is 26.2. The number of amides is 2. The molecule has 192 valence electrons. The predicted octanol–water partition coefficient (Wildman–Crippen LogP) is 6.21. The van der Waals surface area contributed by atoms with Crippen molar-refractivity contribution in [2.24, 2.45) is 0 Å². The number of hydrogen-bond acceptors (Lipinski definition) is 4. The predicted molar refractivity (Wildman–Crippen MR) is 150 cm³/mol. The van der Waals surface area contributed by atoms with Gasteiger partial charge >= 0.3 is 0 Å². The van der Waals surface area contributed by atoms with Gasteiger partial charge in [-0.05, 0) is 67.0 Å². The summed E-state index contributed by atoms with van der Waals surface area (Å²) in [7, 11) is 1.62. The lowest BCUT2D eigenvalue weighted by Crippen LogP contribution is -2.24. The van der Waals surface area contributed by atoms with Crippen LogP contribution >= 0.6 is 0 Å². The maximum atomic E-state index is 13.3. The van der Waals surface area contributed by atoms with Crippen molar-refractivity contribution < 1.29 is 14.3 Å². The molecule has 3 N–H and O–H groups in total. The molecule has 7 nitrogen and oxygen atoms in total. The Labute approximate surface area is 222 Å². The summed E-state index contributed by atoms with van der Waals surface area (Å²) in [6.45, 7) is 4.14. The van der Waals surface area contributed by atoms with Crippen LogP contribution in [0.2, 0.25) is 0 Å². The molecule has 0 aliphatic carbocycles. The summed E-state index contributed by atoms with van der Waals surface area (Å²) < 4.78 is 5.23. The second-order valence-corrected chi connectivity index (χ2v) is 8.72. The molecule has 0 unspecified atom stereocenters. The van der Waals surface area contributed by atoms with Crippen molar-refractivity contribution in [3.63, 3.8) is 0 Å². The molecule has 0 fully saturated rings. The fraction of sp³-hybridized carbons (Fsp3) is 0.129. The van der Waals surface area contributed by atoms with Crippen LogP contribution in [0.4, 0.5) is 5.82 Å². The summed E-state index contributed by atoms with van der Waals surface area (Å²) in [6, 6.07) is 24.3.